The molecule has 4 rings (SSSR count). The number of aromatic nitrogens is 2. The van der Waals surface area contributed by atoms with Gasteiger partial charge in [-0.25, -0.2) is 9.18 Å². The van der Waals surface area contributed by atoms with Crippen molar-refractivity contribution in [2.24, 2.45) is 0 Å². The van der Waals surface area contributed by atoms with Gasteiger partial charge in [-0.2, -0.15) is 26.3 Å². The topological polar surface area (TPSA) is 81.2 Å². The van der Waals surface area contributed by atoms with Gasteiger partial charge in [0, 0.05) is 23.3 Å². The molecule has 0 saturated heterocycles. The van der Waals surface area contributed by atoms with Crippen LogP contribution in [-0.2, 0) is 11.0 Å². The summed E-state index contributed by atoms with van der Waals surface area (Å²) in [4.78, 5) is 32.3. The number of ether oxygens (including phenoxy) is 1. The molecule has 4 aromatic rings. The second-order valence-electron chi connectivity index (χ2n) is 7.83. The van der Waals surface area contributed by atoms with E-state index in [0.717, 1.165) is 48.7 Å². The van der Waals surface area contributed by atoms with Crippen LogP contribution in [0.15, 0.2) is 73.1 Å². The standard InChI is InChI=1S/C25H14F7N3O3/c26-17-2-1-10-34-21(17)20(13-3-6-15(7-4-13)24(27,28)29)35-22(36)14-5-8-18-16(12-14)19(9-11-33-18)38-23(37)25(30,31)32/h1-12,20H,(H,35,36). The molecule has 1 atom stereocenters. The fraction of sp³-hybridized carbons (Fsp3) is 0.120. The van der Waals surface area contributed by atoms with Crippen LogP contribution in [0, 0.1) is 5.82 Å². The highest BCUT2D eigenvalue weighted by Crippen LogP contribution is 2.32. The molecule has 2 heterocycles. The monoisotopic (exact) mass is 537 g/mol. The number of esters is 1. The van der Waals surface area contributed by atoms with E-state index in [1.54, 1.807) is 0 Å². The van der Waals surface area contributed by atoms with Crippen molar-refractivity contribution in [1.82, 2.24) is 15.3 Å². The number of pyridine rings is 2. The van der Waals surface area contributed by atoms with Gasteiger partial charge < -0.3 is 10.1 Å². The third-order valence-electron chi connectivity index (χ3n) is 5.30. The zero-order chi connectivity index (χ0) is 27.7. The number of hydrogen-bond acceptors (Lipinski definition) is 5. The van der Waals surface area contributed by atoms with Crippen molar-refractivity contribution in [3.63, 3.8) is 0 Å². The number of rotatable bonds is 5. The van der Waals surface area contributed by atoms with Crippen molar-refractivity contribution in [1.29, 1.82) is 0 Å². The molecule has 0 fully saturated rings. The van der Waals surface area contributed by atoms with Crippen molar-refractivity contribution >= 4 is 22.8 Å². The zero-order valence-electron chi connectivity index (χ0n) is 18.8. The summed E-state index contributed by atoms with van der Waals surface area (Å²) in [6.07, 6.45) is -7.57. The summed E-state index contributed by atoms with van der Waals surface area (Å²) < 4.78 is 96.0. The van der Waals surface area contributed by atoms with Gasteiger partial charge in [0.1, 0.15) is 17.3 Å². The minimum Gasteiger partial charge on any atom is -0.419 e. The normalized spacial score (nSPS) is 12.7. The summed E-state index contributed by atoms with van der Waals surface area (Å²) in [6, 6.07) is 9.29. The lowest BCUT2D eigenvalue weighted by Crippen LogP contribution is -2.30. The molecule has 0 aliphatic heterocycles. The van der Waals surface area contributed by atoms with E-state index in [9.17, 15) is 40.3 Å². The Morgan fingerprint density at radius 2 is 1.58 bits per heavy atom. The maximum Gasteiger partial charge on any atom is 0.491 e. The molecule has 196 valence electrons. The fourth-order valence-electron chi connectivity index (χ4n) is 3.51. The van der Waals surface area contributed by atoms with E-state index in [4.69, 9.17) is 0 Å². The van der Waals surface area contributed by atoms with Gasteiger partial charge in [-0.3, -0.25) is 14.8 Å². The average Bonchev–Trinajstić information content (AvgIpc) is 2.86. The van der Waals surface area contributed by atoms with Crippen LogP contribution in [0.5, 0.6) is 5.75 Å². The number of alkyl halides is 6. The highest BCUT2D eigenvalue weighted by molar-refractivity contribution is 6.00. The van der Waals surface area contributed by atoms with Crippen molar-refractivity contribution in [2.75, 3.05) is 0 Å². The first-order valence-corrected chi connectivity index (χ1v) is 10.6. The van der Waals surface area contributed by atoms with Crippen molar-refractivity contribution in [2.45, 2.75) is 18.4 Å². The molecule has 2 aromatic heterocycles. The summed E-state index contributed by atoms with van der Waals surface area (Å²) in [7, 11) is 0. The molecular formula is C25H14F7N3O3. The Labute approximate surface area is 209 Å². The number of nitrogens with zero attached hydrogens (tertiary/aromatic N) is 2. The predicted molar refractivity (Wildman–Crippen MR) is 118 cm³/mol. The first kappa shape index (κ1) is 26.5. The van der Waals surface area contributed by atoms with E-state index in [1.165, 1.54) is 24.4 Å². The molecule has 0 bridgehead atoms. The first-order valence-electron chi connectivity index (χ1n) is 10.6. The third kappa shape index (κ3) is 5.71. The molecule has 0 aliphatic carbocycles. The Kier molecular flexibility index (Phi) is 7.03. The zero-order valence-corrected chi connectivity index (χ0v) is 18.8. The van der Waals surface area contributed by atoms with E-state index >= 15 is 0 Å². The maximum absolute atomic E-state index is 14.6. The van der Waals surface area contributed by atoms with Crippen molar-refractivity contribution in [3.05, 3.63) is 101 Å². The van der Waals surface area contributed by atoms with Gasteiger partial charge >= 0.3 is 18.3 Å². The van der Waals surface area contributed by atoms with Crippen LogP contribution in [-0.4, -0.2) is 28.0 Å². The number of nitrogens with one attached hydrogen (secondary N) is 1. The quantitative estimate of drug-likeness (QED) is 0.258. The number of carbonyl (C=O) groups excluding carboxylic acids is 2. The van der Waals surface area contributed by atoms with Crippen molar-refractivity contribution < 1.29 is 45.1 Å². The van der Waals surface area contributed by atoms with E-state index in [1.807, 2.05) is 0 Å². The molecule has 0 spiro atoms. The lowest BCUT2D eigenvalue weighted by atomic mass is 10.00. The Bertz CT molecular complexity index is 1500. The van der Waals surface area contributed by atoms with Gasteiger partial charge in [0.05, 0.1) is 17.1 Å². The van der Waals surface area contributed by atoms with Crippen molar-refractivity contribution in [3.8, 4) is 5.75 Å². The highest BCUT2D eigenvalue weighted by atomic mass is 19.4. The van der Waals surface area contributed by atoms with Gasteiger partial charge in [-0.15, -0.1) is 0 Å². The Morgan fingerprint density at radius 1 is 0.868 bits per heavy atom. The summed E-state index contributed by atoms with van der Waals surface area (Å²) in [5.41, 5.74) is -1.23. The second-order valence-corrected chi connectivity index (χ2v) is 7.83. The second kappa shape index (κ2) is 10.1. The number of amides is 1. The summed E-state index contributed by atoms with van der Waals surface area (Å²) in [5.74, 6) is -4.71. The largest absolute Gasteiger partial charge is 0.491 e. The van der Waals surface area contributed by atoms with E-state index in [-0.39, 0.29) is 27.7 Å². The van der Waals surface area contributed by atoms with Gasteiger partial charge in [0.2, 0.25) is 0 Å². The molecule has 1 unspecified atom stereocenters. The first-order chi connectivity index (χ1) is 17.8. The average molecular weight is 537 g/mol. The minimum atomic E-state index is -5.27. The summed E-state index contributed by atoms with van der Waals surface area (Å²) in [5, 5.41) is 2.38. The van der Waals surface area contributed by atoms with E-state index < -0.39 is 47.4 Å². The number of benzene rings is 2. The van der Waals surface area contributed by atoms with Gasteiger partial charge in [-0.1, -0.05) is 12.1 Å². The molecule has 38 heavy (non-hydrogen) atoms. The van der Waals surface area contributed by atoms with Crippen LogP contribution in [0.2, 0.25) is 0 Å². The molecule has 0 aliphatic rings. The third-order valence-corrected chi connectivity index (χ3v) is 5.30. The van der Waals surface area contributed by atoms with Crippen LogP contribution in [0.3, 0.4) is 0 Å². The number of halogens is 7. The maximum atomic E-state index is 14.6. The predicted octanol–water partition coefficient (Wildman–Crippen LogP) is 5.77. The number of hydrogen-bond donors (Lipinski definition) is 1. The summed E-state index contributed by atoms with van der Waals surface area (Å²) in [6.45, 7) is 0. The molecule has 13 heteroatoms. The number of fused-ring (bicyclic) bond motifs is 1. The molecule has 1 N–H and O–H groups in total. The smallest absolute Gasteiger partial charge is 0.419 e. The fourth-order valence-corrected chi connectivity index (χ4v) is 3.51. The minimum absolute atomic E-state index is 0.0752. The summed E-state index contributed by atoms with van der Waals surface area (Å²) >= 11 is 0. The molecule has 2 aromatic carbocycles. The van der Waals surface area contributed by atoms with Crippen LogP contribution < -0.4 is 10.1 Å². The molecule has 1 amide bonds. The van der Waals surface area contributed by atoms with Gasteiger partial charge in [0.25, 0.3) is 5.91 Å². The highest BCUT2D eigenvalue weighted by Gasteiger charge is 2.41. The molecule has 6 nitrogen and oxygen atoms in total. The lowest BCUT2D eigenvalue weighted by molar-refractivity contribution is -0.189. The van der Waals surface area contributed by atoms with Gasteiger partial charge in [-0.05, 0) is 54.1 Å². The van der Waals surface area contributed by atoms with Crippen LogP contribution in [0.4, 0.5) is 30.7 Å². The Balaban J connectivity index is 1.70. The number of carbonyl (C=O) groups is 2. The van der Waals surface area contributed by atoms with Crippen LogP contribution in [0.1, 0.15) is 33.2 Å². The van der Waals surface area contributed by atoms with Crippen LogP contribution in [0.25, 0.3) is 10.9 Å². The van der Waals surface area contributed by atoms with Gasteiger partial charge in [0.15, 0.2) is 0 Å². The lowest BCUT2D eigenvalue weighted by Gasteiger charge is -2.20. The Morgan fingerprint density at radius 3 is 2.21 bits per heavy atom. The SMILES string of the molecule is O=C(NC(c1ccc(C(F)(F)F)cc1)c1ncccc1F)c1ccc2nccc(OC(=O)C(F)(F)F)c2c1. The molecular weight excluding hydrogens is 523 g/mol. The molecule has 0 radical (unpaired) electrons. The van der Waals surface area contributed by atoms with E-state index in [0.29, 0.717) is 0 Å². The van der Waals surface area contributed by atoms with Crippen LogP contribution >= 0.6 is 0 Å². The Hall–Kier alpha value is -4.55. The van der Waals surface area contributed by atoms with E-state index in [2.05, 4.69) is 20.0 Å². The molecule has 0 saturated carbocycles.